The van der Waals surface area contributed by atoms with Crippen LogP contribution in [0, 0.1) is 0 Å². The Morgan fingerprint density at radius 3 is 2.32 bits per heavy atom. The van der Waals surface area contributed by atoms with E-state index in [0.717, 1.165) is 32.5 Å². The molecule has 1 unspecified atom stereocenters. The summed E-state index contributed by atoms with van der Waals surface area (Å²) in [6.45, 7) is 9.63. The van der Waals surface area contributed by atoms with Gasteiger partial charge in [0, 0.05) is 25.2 Å². The summed E-state index contributed by atoms with van der Waals surface area (Å²) < 4.78 is 5.21. The van der Waals surface area contributed by atoms with Crippen molar-refractivity contribution in [1.29, 1.82) is 0 Å². The highest BCUT2D eigenvalue weighted by atomic mass is 16.5. The normalized spacial score (nSPS) is 15.2. The Kier molecular flexibility index (Phi) is 10.5. The van der Waals surface area contributed by atoms with Crippen molar-refractivity contribution in [3.05, 3.63) is 0 Å². The Labute approximate surface area is 119 Å². The highest BCUT2D eigenvalue weighted by Gasteiger charge is 2.21. The van der Waals surface area contributed by atoms with Crippen LogP contribution in [0.15, 0.2) is 0 Å². The maximum Gasteiger partial charge on any atom is 0.0610 e. The molecule has 0 aliphatic rings. The van der Waals surface area contributed by atoms with Crippen molar-refractivity contribution in [2.75, 3.05) is 40.5 Å². The average Bonchev–Trinajstić information content (AvgIpc) is 2.45. The van der Waals surface area contributed by atoms with Crippen molar-refractivity contribution >= 4 is 0 Å². The molecule has 4 nitrogen and oxygen atoms in total. The van der Waals surface area contributed by atoms with Gasteiger partial charge in [-0.15, -0.1) is 0 Å². The molecule has 0 aromatic carbocycles. The number of likely N-dealkylation sites (N-methyl/N-ethyl adjacent to an activating group) is 1. The van der Waals surface area contributed by atoms with E-state index in [1.165, 1.54) is 12.8 Å². The summed E-state index contributed by atoms with van der Waals surface area (Å²) in [6, 6.07) is 0.644. The molecule has 19 heavy (non-hydrogen) atoms. The molecule has 0 rings (SSSR count). The van der Waals surface area contributed by atoms with Gasteiger partial charge in [0.15, 0.2) is 0 Å². The van der Waals surface area contributed by atoms with Gasteiger partial charge in [0.2, 0.25) is 0 Å². The number of aliphatic hydroxyl groups excluding tert-OH is 1. The fraction of sp³-hybridized carbons (Fsp3) is 1.00. The molecule has 0 bridgehead atoms. The van der Waals surface area contributed by atoms with Crippen molar-refractivity contribution in [2.45, 2.75) is 58.0 Å². The summed E-state index contributed by atoms with van der Waals surface area (Å²) in [6.07, 6.45) is 4.45. The molecule has 0 radical (unpaired) electrons. The highest BCUT2D eigenvalue weighted by molar-refractivity contribution is 4.81. The second-order valence-corrected chi connectivity index (χ2v) is 5.57. The lowest BCUT2D eigenvalue weighted by Gasteiger charge is -2.32. The molecule has 0 amide bonds. The standard InChI is InChI=1S/C15H34N2O2/c1-6-14(7-2)17(11-12-19-5)10-8-9-15(3,13-18)16-4/h14,16,18H,6-13H2,1-5H3. The van der Waals surface area contributed by atoms with Gasteiger partial charge in [-0.25, -0.2) is 0 Å². The summed E-state index contributed by atoms with van der Waals surface area (Å²) >= 11 is 0. The predicted octanol–water partition coefficient (Wildman–Crippen LogP) is 1.87. The molecule has 0 saturated heterocycles. The van der Waals surface area contributed by atoms with E-state index in [1.807, 2.05) is 7.05 Å². The van der Waals surface area contributed by atoms with Crippen LogP contribution in [0.1, 0.15) is 46.5 Å². The van der Waals surface area contributed by atoms with E-state index in [9.17, 15) is 5.11 Å². The van der Waals surface area contributed by atoms with Gasteiger partial charge >= 0.3 is 0 Å². The number of hydrogen-bond donors (Lipinski definition) is 2. The van der Waals surface area contributed by atoms with E-state index in [-0.39, 0.29) is 12.1 Å². The van der Waals surface area contributed by atoms with Gasteiger partial charge in [0.1, 0.15) is 0 Å². The second-order valence-electron chi connectivity index (χ2n) is 5.57. The molecule has 0 spiro atoms. The first-order valence-electron chi connectivity index (χ1n) is 7.59. The minimum Gasteiger partial charge on any atom is -0.394 e. The Bertz CT molecular complexity index is 204. The molecule has 1 atom stereocenters. The maximum atomic E-state index is 9.40. The van der Waals surface area contributed by atoms with Crippen LogP contribution in [0.3, 0.4) is 0 Å². The number of aliphatic hydroxyl groups is 1. The van der Waals surface area contributed by atoms with Gasteiger partial charge in [-0.3, -0.25) is 4.90 Å². The van der Waals surface area contributed by atoms with Gasteiger partial charge < -0.3 is 15.2 Å². The molecule has 0 aromatic heterocycles. The van der Waals surface area contributed by atoms with Crippen molar-refractivity contribution in [2.24, 2.45) is 0 Å². The third kappa shape index (κ3) is 7.25. The number of rotatable bonds is 12. The van der Waals surface area contributed by atoms with E-state index in [2.05, 4.69) is 31.0 Å². The predicted molar refractivity (Wildman–Crippen MR) is 81.6 cm³/mol. The molecular weight excluding hydrogens is 240 g/mol. The molecule has 116 valence electrons. The smallest absolute Gasteiger partial charge is 0.0610 e. The summed E-state index contributed by atoms with van der Waals surface area (Å²) in [4.78, 5) is 2.52. The zero-order valence-electron chi connectivity index (χ0n) is 13.5. The van der Waals surface area contributed by atoms with Crippen LogP contribution < -0.4 is 5.32 Å². The van der Waals surface area contributed by atoms with Gasteiger partial charge in [0.05, 0.1) is 13.2 Å². The number of ether oxygens (including phenoxy) is 1. The van der Waals surface area contributed by atoms with Gasteiger partial charge in [0.25, 0.3) is 0 Å². The summed E-state index contributed by atoms with van der Waals surface area (Å²) in [5.41, 5.74) is -0.152. The highest BCUT2D eigenvalue weighted by Crippen LogP contribution is 2.14. The third-order valence-electron chi connectivity index (χ3n) is 4.17. The fourth-order valence-corrected chi connectivity index (χ4v) is 2.45. The van der Waals surface area contributed by atoms with Crippen LogP contribution >= 0.6 is 0 Å². The molecular formula is C15H34N2O2. The second kappa shape index (κ2) is 10.6. The first-order valence-corrected chi connectivity index (χ1v) is 7.59. The van der Waals surface area contributed by atoms with E-state index in [0.29, 0.717) is 6.04 Å². The van der Waals surface area contributed by atoms with Gasteiger partial charge in [-0.05, 0) is 46.2 Å². The number of methoxy groups -OCH3 is 1. The third-order valence-corrected chi connectivity index (χ3v) is 4.17. The number of nitrogens with zero attached hydrogens (tertiary/aromatic N) is 1. The molecule has 0 aliphatic carbocycles. The van der Waals surface area contributed by atoms with Crippen molar-refractivity contribution < 1.29 is 9.84 Å². The number of hydrogen-bond acceptors (Lipinski definition) is 4. The van der Waals surface area contributed by atoms with Crippen molar-refractivity contribution in [3.63, 3.8) is 0 Å². The van der Waals surface area contributed by atoms with Crippen LogP contribution in [-0.4, -0.2) is 62.0 Å². The quantitative estimate of drug-likeness (QED) is 0.570. The summed E-state index contributed by atoms with van der Waals surface area (Å²) in [5, 5.41) is 12.6. The lowest BCUT2D eigenvalue weighted by Crippen LogP contribution is -2.44. The van der Waals surface area contributed by atoms with E-state index >= 15 is 0 Å². The van der Waals surface area contributed by atoms with Crippen LogP contribution in [0.2, 0.25) is 0 Å². The lowest BCUT2D eigenvalue weighted by molar-refractivity contribution is 0.107. The van der Waals surface area contributed by atoms with E-state index in [4.69, 9.17) is 4.74 Å². The lowest BCUT2D eigenvalue weighted by atomic mass is 9.96. The summed E-state index contributed by atoms with van der Waals surface area (Å²) in [5.74, 6) is 0. The molecule has 2 N–H and O–H groups in total. The molecule has 0 heterocycles. The molecule has 0 fully saturated rings. The van der Waals surface area contributed by atoms with Gasteiger partial charge in [-0.1, -0.05) is 13.8 Å². The van der Waals surface area contributed by atoms with Crippen LogP contribution in [-0.2, 0) is 4.74 Å². The largest absolute Gasteiger partial charge is 0.394 e. The van der Waals surface area contributed by atoms with Crippen LogP contribution in [0.5, 0.6) is 0 Å². The first-order chi connectivity index (χ1) is 9.06. The fourth-order valence-electron chi connectivity index (χ4n) is 2.45. The Balaban J connectivity index is 4.24. The Morgan fingerprint density at radius 2 is 1.89 bits per heavy atom. The van der Waals surface area contributed by atoms with Crippen molar-refractivity contribution in [3.8, 4) is 0 Å². The first kappa shape index (κ1) is 18.8. The van der Waals surface area contributed by atoms with E-state index in [1.54, 1.807) is 7.11 Å². The zero-order valence-corrected chi connectivity index (χ0v) is 13.5. The van der Waals surface area contributed by atoms with E-state index < -0.39 is 0 Å². The SMILES string of the molecule is CCC(CC)N(CCCC(C)(CO)NC)CCOC. The average molecular weight is 274 g/mol. The van der Waals surface area contributed by atoms with Crippen LogP contribution in [0.4, 0.5) is 0 Å². The monoisotopic (exact) mass is 274 g/mol. The zero-order chi connectivity index (χ0) is 14.7. The molecule has 0 aromatic rings. The van der Waals surface area contributed by atoms with Crippen LogP contribution in [0.25, 0.3) is 0 Å². The van der Waals surface area contributed by atoms with Crippen molar-refractivity contribution in [1.82, 2.24) is 10.2 Å². The van der Waals surface area contributed by atoms with Gasteiger partial charge in [-0.2, -0.15) is 0 Å². The molecule has 0 saturated carbocycles. The Hall–Kier alpha value is -0.160. The number of nitrogens with one attached hydrogen (secondary N) is 1. The minimum atomic E-state index is -0.152. The minimum absolute atomic E-state index is 0.152. The Morgan fingerprint density at radius 1 is 1.26 bits per heavy atom. The molecule has 0 aliphatic heterocycles. The molecule has 4 heteroatoms. The summed E-state index contributed by atoms with van der Waals surface area (Å²) in [7, 11) is 3.68. The topological polar surface area (TPSA) is 44.7 Å². The maximum absolute atomic E-state index is 9.40.